The van der Waals surface area contributed by atoms with Crippen LogP contribution in [-0.4, -0.2) is 17.9 Å². The summed E-state index contributed by atoms with van der Waals surface area (Å²) < 4.78 is 11.4. The minimum absolute atomic E-state index is 0.0193. The summed E-state index contributed by atoms with van der Waals surface area (Å²) in [6, 6.07) is 18.5. The fourth-order valence-electron chi connectivity index (χ4n) is 4.74. The topological polar surface area (TPSA) is 59.8 Å². The lowest BCUT2D eigenvalue weighted by atomic mass is 9.86. The first-order chi connectivity index (χ1) is 17.1. The van der Waals surface area contributed by atoms with Crippen LogP contribution in [0.3, 0.4) is 0 Å². The second-order valence-electron chi connectivity index (χ2n) is 10.3. The Bertz CT molecular complexity index is 1530. The van der Waals surface area contributed by atoms with Gasteiger partial charge in [-0.05, 0) is 58.9 Å². The number of aryl methyl sites for hydroxylation is 1. The fraction of sp³-hybridized carbons (Fsp3) is 0.267. The second-order valence-corrected chi connectivity index (χ2v) is 10.7. The number of benzene rings is 3. The number of methoxy groups -OCH3 is 1. The molecule has 36 heavy (non-hydrogen) atoms. The number of hydrogen-bond donors (Lipinski definition) is 0. The van der Waals surface area contributed by atoms with E-state index in [1.165, 1.54) is 5.56 Å². The van der Waals surface area contributed by atoms with E-state index in [4.69, 9.17) is 20.8 Å². The molecular formula is C30H28ClNO4. The van der Waals surface area contributed by atoms with Crippen molar-refractivity contribution in [1.82, 2.24) is 4.90 Å². The van der Waals surface area contributed by atoms with Gasteiger partial charge >= 0.3 is 0 Å². The number of carbonyl (C=O) groups is 1. The number of ether oxygens (including phenoxy) is 1. The summed E-state index contributed by atoms with van der Waals surface area (Å²) in [6.07, 6.45) is 0. The molecule has 1 unspecified atom stereocenters. The number of carbonyl (C=O) groups excluding carboxylic acids is 1. The van der Waals surface area contributed by atoms with Crippen molar-refractivity contribution in [2.45, 2.75) is 45.7 Å². The second kappa shape index (κ2) is 8.82. The Morgan fingerprint density at radius 3 is 2.28 bits per heavy atom. The average molecular weight is 502 g/mol. The number of rotatable bonds is 4. The largest absolute Gasteiger partial charge is 0.497 e. The van der Waals surface area contributed by atoms with Gasteiger partial charge in [0, 0.05) is 11.6 Å². The van der Waals surface area contributed by atoms with Crippen molar-refractivity contribution in [2.24, 2.45) is 0 Å². The van der Waals surface area contributed by atoms with Crippen molar-refractivity contribution in [2.75, 3.05) is 7.11 Å². The van der Waals surface area contributed by atoms with Crippen LogP contribution < -0.4 is 10.2 Å². The lowest BCUT2D eigenvalue weighted by Gasteiger charge is -2.26. The van der Waals surface area contributed by atoms with Gasteiger partial charge in [-0.1, -0.05) is 68.8 Å². The summed E-state index contributed by atoms with van der Waals surface area (Å²) in [6.45, 7) is 8.61. The number of hydrogen-bond acceptors (Lipinski definition) is 4. The van der Waals surface area contributed by atoms with Crippen LogP contribution in [0.5, 0.6) is 5.75 Å². The minimum Gasteiger partial charge on any atom is -0.497 e. The van der Waals surface area contributed by atoms with Gasteiger partial charge in [-0.3, -0.25) is 9.59 Å². The zero-order chi connectivity index (χ0) is 25.8. The molecule has 1 aromatic heterocycles. The van der Waals surface area contributed by atoms with E-state index < -0.39 is 6.04 Å². The Hall–Kier alpha value is -3.57. The van der Waals surface area contributed by atoms with E-state index in [1.807, 2.05) is 43.3 Å². The normalized spacial score (nSPS) is 15.4. The van der Waals surface area contributed by atoms with Crippen molar-refractivity contribution in [3.8, 4) is 5.75 Å². The molecule has 6 heteroatoms. The Morgan fingerprint density at radius 1 is 1.00 bits per heavy atom. The van der Waals surface area contributed by atoms with Gasteiger partial charge in [0.25, 0.3) is 5.91 Å². The van der Waals surface area contributed by atoms with E-state index in [1.54, 1.807) is 24.1 Å². The molecule has 3 aromatic carbocycles. The van der Waals surface area contributed by atoms with Crippen LogP contribution in [0.1, 0.15) is 65.2 Å². The first-order valence-electron chi connectivity index (χ1n) is 11.9. The Labute approximate surface area is 215 Å². The van der Waals surface area contributed by atoms with Crippen LogP contribution in [0.2, 0.25) is 5.02 Å². The van der Waals surface area contributed by atoms with Crippen LogP contribution in [-0.2, 0) is 12.0 Å². The molecule has 1 amide bonds. The molecule has 0 aliphatic carbocycles. The molecule has 5 nitrogen and oxygen atoms in total. The van der Waals surface area contributed by atoms with Crippen molar-refractivity contribution >= 4 is 28.5 Å². The highest BCUT2D eigenvalue weighted by molar-refractivity contribution is 6.32. The molecule has 0 spiro atoms. The molecule has 1 aliphatic rings. The van der Waals surface area contributed by atoms with Crippen molar-refractivity contribution in [3.63, 3.8) is 0 Å². The van der Waals surface area contributed by atoms with E-state index >= 15 is 0 Å². The molecule has 4 aromatic rings. The quantitative estimate of drug-likeness (QED) is 0.308. The molecule has 5 rings (SSSR count). The molecule has 2 heterocycles. The summed E-state index contributed by atoms with van der Waals surface area (Å²) in [5, 5.41) is 0.861. The molecule has 0 fully saturated rings. The SMILES string of the molecule is COc1ccc(CN2C(=O)c3oc4cc(C)c(Cl)cc4c(=O)c3C2c2ccc(C(C)(C)C)cc2)cc1. The molecule has 184 valence electrons. The molecule has 0 bridgehead atoms. The van der Waals surface area contributed by atoms with E-state index in [-0.39, 0.29) is 22.5 Å². The van der Waals surface area contributed by atoms with Gasteiger partial charge in [0.15, 0.2) is 5.43 Å². The molecule has 0 radical (unpaired) electrons. The lowest BCUT2D eigenvalue weighted by molar-refractivity contribution is 0.0714. The maximum atomic E-state index is 13.8. The van der Waals surface area contributed by atoms with E-state index in [0.717, 1.165) is 22.4 Å². The molecule has 0 saturated heterocycles. The van der Waals surface area contributed by atoms with Gasteiger partial charge in [-0.15, -0.1) is 0 Å². The standard InChI is InChI=1S/C30H28ClNO4/c1-17-14-24-22(15-23(17)31)27(33)25-26(19-8-10-20(11-9-19)30(2,3)4)32(29(34)28(25)36-24)16-18-6-12-21(35-5)13-7-18/h6-15,26H,16H2,1-5H3. The van der Waals surface area contributed by atoms with Gasteiger partial charge in [0.2, 0.25) is 5.76 Å². The Morgan fingerprint density at radius 2 is 1.67 bits per heavy atom. The van der Waals surface area contributed by atoms with Gasteiger partial charge in [-0.25, -0.2) is 0 Å². The van der Waals surface area contributed by atoms with Gasteiger partial charge < -0.3 is 14.1 Å². The van der Waals surface area contributed by atoms with Crippen LogP contribution in [0, 0.1) is 6.92 Å². The van der Waals surface area contributed by atoms with Crippen molar-refractivity contribution < 1.29 is 13.9 Å². The molecule has 1 aliphatic heterocycles. The van der Waals surface area contributed by atoms with Gasteiger partial charge in [-0.2, -0.15) is 0 Å². The summed E-state index contributed by atoms with van der Waals surface area (Å²) in [4.78, 5) is 29.2. The monoisotopic (exact) mass is 501 g/mol. The Balaban J connectivity index is 1.68. The summed E-state index contributed by atoms with van der Waals surface area (Å²) >= 11 is 6.35. The number of halogens is 1. The third kappa shape index (κ3) is 4.07. The molecule has 0 N–H and O–H groups in total. The van der Waals surface area contributed by atoms with Crippen LogP contribution in [0.4, 0.5) is 0 Å². The molecule has 1 atom stereocenters. The third-order valence-corrected chi connectivity index (χ3v) is 7.26. The maximum Gasteiger partial charge on any atom is 0.291 e. The van der Waals surface area contributed by atoms with E-state index in [0.29, 0.717) is 28.1 Å². The highest BCUT2D eigenvalue weighted by atomic mass is 35.5. The first kappa shape index (κ1) is 24.1. The fourth-order valence-corrected chi connectivity index (χ4v) is 4.91. The van der Waals surface area contributed by atoms with E-state index in [9.17, 15) is 9.59 Å². The predicted molar refractivity (Wildman–Crippen MR) is 142 cm³/mol. The molecular weight excluding hydrogens is 474 g/mol. The van der Waals surface area contributed by atoms with E-state index in [2.05, 4.69) is 32.9 Å². The van der Waals surface area contributed by atoms with Gasteiger partial charge in [0.05, 0.1) is 24.1 Å². The first-order valence-corrected chi connectivity index (χ1v) is 12.3. The zero-order valence-corrected chi connectivity index (χ0v) is 21.8. The summed E-state index contributed by atoms with van der Waals surface area (Å²) in [5.74, 6) is 0.518. The van der Waals surface area contributed by atoms with Crippen LogP contribution in [0.25, 0.3) is 11.0 Å². The predicted octanol–water partition coefficient (Wildman–Crippen LogP) is 6.81. The number of amides is 1. The lowest BCUT2D eigenvalue weighted by Crippen LogP contribution is -2.29. The summed E-state index contributed by atoms with van der Waals surface area (Å²) in [7, 11) is 1.61. The Kier molecular flexibility index (Phi) is 5.92. The maximum absolute atomic E-state index is 13.8. The smallest absolute Gasteiger partial charge is 0.291 e. The van der Waals surface area contributed by atoms with Crippen molar-refractivity contribution in [3.05, 3.63) is 109 Å². The number of nitrogens with zero attached hydrogens (tertiary/aromatic N) is 1. The molecule has 0 saturated carbocycles. The minimum atomic E-state index is -0.579. The zero-order valence-electron chi connectivity index (χ0n) is 21.0. The average Bonchev–Trinajstić information content (AvgIpc) is 3.12. The summed E-state index contributed by atoms with van der Waals surface area (Å²) in [5.41, 5.74) is 4.19. The van der Waals surface area contributed by atoms with Crippen LogP contribution in [0.15, 0.2) is 69.9 Å². The highest BCUT2D eigenvalue weighted by Crippen LogP contribution is 2.40. The van der Waals surface area contributed by atoms with Crippen molar-refractivity contribution in [1.29, 1.82) is 0 Å². The highest BCUT2D eigenvalue weighted by Gasteiger charge is 2.42. The van der Waals surface area contributed by atoms with Gasteiger partial charge in [0.1, 0.15) is 11.3 Å². The van der Waals surface area contributed by atoms with Crippen LogP contribution >= 0.6 is 11.6 Å². The third-order valence-electron chi connectivity index (χ3n) is 6.85. The number of fused-ring (bicyclic) bond motifs is 2.